The Morgan fingerprint density at radius 2 is 1.94 bits per heavy atom. The molecule has 1 N–H and O–H groups in total. The minimum Gasteiger partial charge on any atom is -0.345 e. The molecule has 2 nitrogen and oxygen atoms in total. The molecule has 1 saturated carbocycles. The number of benzene rings is 1. The van der Waals surface area contributed by atoms with E-state index in [1.165, 1.54) is 0 Å². The summed E-state index contributed by atoms with van der Waals surface area (Å²) < 4.78 is 27.5. The summed E-state index contributed by atoms with van der Waals surface area (Å²) in [5.74, 6) is -2.27. The van der Waals surface area contributed by atoms with Gasteiger partial charge in [0.1, 0.15) is 17.2 Å². The minimum absolute atomic E-state index is 0.249. The highest BCUT2D eigenvalue weighted by Gasteiger charge is 2.38. The zero-order chi connectivity index (χ0) is 13.3. The minimum atomic E-state index is -0.886. The molecular weight excluding hydrogens is 327 g/mol. The largest absolute Gasteiger partial charge is 0.345 e. The third-order valence-electron chi connectivity index (χ3n) is 3.18. The number of amides is 1. The van der Waals surface area contributed by atoms with Crippen LogP contribution >= 0.6 is 27.5 Å². The Labute approximate surface area is 117 Å². The smallest absolute Gasteiger partial charge is 0.257 e. The monoisotopic (exact) mass is 337 g/mol. The van der Waals surface area contributed by atoms with E-state index in [9.17, 15) is 13.6 Å². The predicted molar refractivity (Wildman–Crippen MR) is 68.8 cm³/mol. The molecule has 0 heterocycles. The fourth-order valence-corrected chi connectivity index (χ4v) is 2.69. The maximum absolute atomic E-state index is 13.6. The second-order valence-electron chi connectivity index (χ2n) is 4.47. The van der Waals surface area contributed by atoms with Crippen LogP contribution in [0, 0.1) is 11.6 Å². The molecule has 0 unspecified atom stereocenters. The van der Waals surface area contributed by atoms with Crippen LogP contribution in [0.4, 0.5) is 8.78 Å². The highest BCUT2D eigenvalue weighted by Crippen LogP contribution is 2.33. The lowest BCUT2D eigenvalue weighted by atomic mass is 9.78. The number of alkyl halides is 1. The third kappa shape index (κ3) is 2.52. The van der Waals surface area contributed by atoms with Crippen molar-refractivity contribution in [3.63, 3.8) is 0 Å². The van der Waals surface area contributed by atoms with Gasteiger partial charge in [-0.05, 0) is 31.4 Å². The number of nitrogens with one attached hydrogen (secondary N) is 1. The number of halogens is 4. The zero-order valence-corrected chi connectivity index (χ0v) is 11.7. The van der Waals surface area contributed by atoms with Gasteiger partial charge in [-0.2, -0.15) is 0 Å². The molecule has 0 atom stereocenters. The molecule has 1 aliphatic carbocycles. The van der Waals surface area contributed by atoms with Crippen LogP contribution in [0.1, 0.15) is 29.6 Å². The third-order valence-corrected chi connectivity index (χ3v) is 4.15. The average Bonchev–Trinajstić information content (AvgIpc) is 2.21. The highest BCUT2D eigenvalue weighted by molar-refractivity contribution is 9.10. The number of hydrogen-bond acceptors (Lipinski definition) is 1. The van der Waals surface area contributed by atoms with Crippen molar-refractivity contribution in [1.82, 2.24) is 5.32 Å². The quantitative estimate of drug-likeness (QED) is 0.838. The van der Waals surface area contributed by atoms with Crippen LogP contribution < -0.4 is 5.32 Å². The van der Waals surface area contributed by atoms with Gasteiger partial charge < -0.3 is 5.32 Å². The zero-order valence-electron chi connectivity index (χ0n) is 9.40. The fourth-order valence-electron chi connectivity index (χ4n) is 1.96. The van der Waals surface area contributed by atoms with E-state index in [1.807, 2.05) is 0 Å². The van der Waals surface area contributed by atoms with E-state index in [4.69, 9.17) is 11.6 Å². The van der Waals surface area contributed by atoms with Gasteiger partial charge in [0, 0.05) is 10.4 Å². The van der Waals surface area contributed by atoms with Gasteiger partial charge in [0.05, 0.1) is 5.54 Å². The molecule has 1 aromatic carbocycles. The van der Waals surface area contributed by atoms with Crippen LogP contribution in [0.5, 0.6) is 0 Å². The van der Waals surface area contributed by atoms with E-state index in [1.54, 1.807) is 0 Å². The van der Waals surface area contributed by atoms with Crippen LogP contribution in [0.2, 0.25) is 0 Å². The van der Waals surface area contributed by atoms with Crippen molar-refractivity contribution in [2.45, 2.75) is 24.8 Å². The molecule has 98 valence electrons. The summed E-state index contributed by atoms with van der Waals surface area (Å²) in [6, 6.07) is 2.12. The maximum Gasteiger partial charge on any atom is 0.257 e. The van der Waals surface area contributed by atoms with Gasteiger partial charge in [-0.25, -0.2) is 8.78 Å². The maximum atomic E-state index is 13.6. The van der Waals surface area contributed by atoms with Crippen molar-refractivity contribution in [1.29, 1.82) is 0 Å². The molecule has 18 heavy (non-hydrogen) atoms. The molecule has 1 fully saturated rings. The molecule has 2 rings (SSSR count). The van der Waals surface area contributed by atoms with Crippen molar-refractivity contribution in [3.8, 4) is 0 Å². The normalized spacial score (nSPS) is 17.1. The Morgan fingerprint density at radius 3 is 2.33 bits per heavy atom. The van der Waals surface area contributed by atoms with Crippen molar-refractivity contribution < 1.29 is 13.6 Å². The average molecular weight is 339 g/mol. The molecule has 6 heteroatoms. The molecular formula is C12H11BrClF2NO. The lowest BCUT2D eigenvalue weighted by molar-refractivity contribution is 0.0845. The SMILES string of the molecule is O=C(NC1(CCl)CCC1)c1c(F)cc(Br)cc1F. The van der Waals surface area contributed by atoms with Gasteiger partial charge in [-0.15, -0.1) is 11.6 Å². The lowest BCUT2D eigenvalue weighted by Crippen LogP contribution is -2.55. The molecule has 0 spiro atoms. The van der Waals surface area contributed by atoms with E-state index in [2.05, 4.69) is 21.2 Å². The van der Waals surface area contributed by atoms with Crippen LogP contribution in [0.15, 0.2) is 16.6 Å². The van der Waals surface area contributed by atoms with Gasteiger partial charge in [0.15, 0.2) is 0 Å². The molecule has 0 aromatic heterocycles. The van der Waals surface area contributed by atoms with Gasteiger partial charge in [0.2, 0.25) is 0 Å². The fraction of sp³-hybridized carbons (Fsp3) is 0.417. The first-order chi connectivity index (χ1) is 8.47. The number of hydrogen-bond donors (Lipinski definition) is 1. The van der Waals surface area contributed by atoms with E-state index in [0.29, 0.717) is 0 Å². The first-order valence-electron chi connectivity index (χ1n) is 5.50. The summed E-state index contributed by atoms with van der Waals surface area (Å²) in [5.41, 5.74) is -1.07. The van der Waals surface area contributed by atoms with Crippen molar-refractivity contribution >= 4 is 33.4 Å². The molecule has 0 aliphatic heterocycles. The summed E-state index contributed by atoms with van der Waals surface area (Å²) in [4.78, 5) is 11.9. The summed E-state index contributed by atoms with van der Waals surface area (Å²) in [6.45, 7) is 0. The van der Waals surface area contributed by atoms with Gasteiger partial charge in [-0.1, -0.05) is 15.9 Å². The van der Waals surface area contributed by atoms with E-state index in [-0.39, 0.29) is 10.4 Å². The van der Waals surface area contributed by atoms with Crippen LogP contribution in [0.25, 0.3) is 0 Å². The number of carbonyl (C=O) groups is 1. The Hall–Kier alpha value is -0.680. The summed E-state index contributed by atoms with van der Waals surface area (Å²) >= 11 is 8.75. The highest BCUT2D eigenvalue weighted by atomic mass is 79.9. The molecule has 0 saturated heterocycles. The molecule has 1 aliphatic rings. The summed E-state index contributed by atoms with van der Waals surface area (Å²) in [6.07, 6.45) is 2.43. The number of rotatable bonds is 3. The van der Waals surface area contributed by atoms with Gasteiger partial charge in [-0.3, -0.25) is 4.79 Å². The Balaban J connectivity index is 2.24. The van der Waals surface area contributed by atoms with Crippen molar-refractivity contribution in [2.24, 2.45) is 0 Å². The van der Waals surface area contributed by atoms with Crippen molar-refractivity contribution in [3.05, 3.63) is 33.8 Å². The molecule has 1 aromatic rings. The van der Waals surface area contributed by atoms with Crippen LogP contribution in [0.3, 0.4) is 0 Å². The Morgan fingerprint density at radius 1 is 1.39 bits per heavy atom. The first-order valence-corrected chi connectivity index (χ1v) is 6.83. The van der Waals surface area contributed by atoms with Gasteiger partial charge >= 0.3 is 0 Å². The topological polar surface area (TPSA) is 29.1 Å². The van der Waals surface area contributed by atoms with E-state index < -0.39 is 28.6 Å². The second kappa shape index (κ2) is 5.13. The number of carbonyl (C=O) groups excluding carboxylic acids is 1. The second-order valence-corrected chi connectivity index (χ2v) is 5.65. The first kappa shape index (κ1) is 13.7. The van der Waals surface area contributed by atoms with E-state index in [0.717, 1.165) is 31.4 Å². The van der Waals surface area contributed by atoms with Gasteiger partial charge in [0.25, 0.3) is 5.91 Å². The summed E-state index contributed by atoms with van der Waals surface area (Å²) in [7, 11) is 0. The van der Waals surface area contributed by atoms with E-state index >= 15 is 0 Å². The standard InChI is InChI=1S/C12H11BrClF2NO/c13-7-4-8(15)10(9(16)5-7)11(18)17-12(6-14)2-1-3-12/h4-5H,1-3,6H2,(H,17,18). The predicted octanol–water partition coefficient (Wildman–Crippen LogP) is 3.62. The summed E-state index contributed by atoms with van der Waals surface area (Å²) in [5, 5.41) is 2.63. The Bertz CT molecular complexity index is 462. The molecule has 1 amide bonds. The van der Waals surface area contributed by atoms with Crippen LogP contribution in [-0.2, 0) is 0 Å². The van der Waals surface area contributed by atoms with Crippen molar-refractivity contribution in [2.75, 3.05) is 5.88 Å². The van der Waals surface area contributed by atoms with Crippen LogP contribution in [-0.4, -0.2) is 17.3 Å². The molecule has 0 radical (unpaired) electrons. The lowest BCUT2D eigenvalue weighted by Gasteiger charge is -2.41. The Kier molecular flexibility index (Phi) is 3.92. The molecule has 0 bridgehead atoms.